The van der Waals surface area contributed by atoms with E-state index < -0.39 is 9.12 Å². The van der Waals surface area contributed by atoms with Crippen LogP contribution in [0.2, 0.25) is 0 Å². The van der Waals surface area contributed by atoms with Crippen LogP contribution in [-0.2, 0) is 6.42 Å². The molecule has 0 bridgehead atoms. The maximum atomic E-state index is 12.4. The fourth-order valence-electron chi connectivity index (χ4n) is 2.31. The molecule has 1 radical (unpaired) electrons. The Hall–Kier alpha value is -2.21. The second-order valence-electron chi connectivity index (χ2n) is 4.15. The minimum atomic E-state index is -2.24. The average molecular weight is 257 g/mol. The van der Waals surface area contributed by atoms with Crippen molar-refractivity contribution in [2.45, 2.75) is 6.42 Å². The first-order valence-electron chi connectivity index (χ1n) is 5.49. The van der Waals surface area contributed by atoms with Crippen LogP contribution in [-0.4, -0.2) is 19.5 Å². The quantitative estimate of drug-likeness (QED) is 0.465. The van der Waals surface area contributed by atoms with Crippen LogP contribution >= 0.6 is 0 Å². The van der Waals surface area contributed by atoms with E-state index in [-0.39, 0.29) is 10.4 Å². The van der Waals surface area contributed by atoms with Crippen molar-refractivity contribution in [1.29, 1.82) is 0 Å². The van der Waals surface area contributed by atoms with Crippen molar-refractivity contribution >= 4 is 14.9 Å². The summed E-state index contributed by atoms with van der Waals surface area (Å²) in [6.07, 6.45) is 3.94. The molecule has 0 amide bonds. The minimum Gasteiger partial charge on any atom is -0.353 e. The zero-order chi connectivity index (χ0) is 12.7. The maximum absolute atomic E-state index is 12.4. The molecule has 3 rings (SSSR count). The molecule has 89 valence electrons. The van der Waals surface area contributed by atoms with E-state index in [9.17, 15) is 14.9 Å². The third kappa shape index (κ3) is 1.50. The molecule has 1 aliphatic heterocycles. The molecule has 1 N–H and O–H groups in total. The summed E-state index contributed by atoms with van der Waals surface area (Å²) in [6.45, 7) is 0. The normalized spacial score (nSPS) is 18.1. The van der Waals surface area contributed by atoms with Crippen LogP contribution in [0.1, 0.15) is 15.9 Å². The standard InChI is InChI=1S/C12H9N2O3Si/c15-11-10-4-2-1-3-8(10)7-9-5-6-13-18(12(9)11)14(16)17/h1-6,13H,7H2. The Balaban J connectivity index is 2.14. The first-order chi connectivity index (χ1) is 8.68. The summed E-state index contributed by atoms with van der Waals surface area (Å²) in [4.78, 5) is 26.1. The van der Waals surface area contributed by atoms with Crippen LogP contribution in [0.3, 0.4) is 0 Å². The van der Waals surface area contributed by atoms with Gasteiger partial charge in [-0.15, -0.1) is 0 Å². The lowest BCUT2D eigenvalue weighted by Gasteiger charge is -2.22. The van der Waals surface area contributed by atoms with Gasteiger partial charge in [-0.05, 0) is 34.4 Å². The van der Waals surface area contributed by atoms with Crippen LogP contribution < -0.4 is 4.98 Å². The topological polar surface area (TPSA) is 72.2 Å². The van der Waals surface area contributed by atoms with E-state index in [0.717, 1.165) is 11.1 Å². The van der Waals surface area contributed by atoms with E-state index in [1.165, 1.54) is 0 Å². The lowest BCUT2D eigenvalue weighted by Crippen LogP contribution is -2.46. The summed E-state index contributed by atoms with van der Waals surface area (Å²) in [5, 5.41) is 11.4. The molecule has 1 heterocycles. The third-order valence-corrected chi connectivity index (χ3v) is 4.94. The summed E-state index contributed by atoms with van der Waals surface area (Å²) in [5.74, 6) is -0.200. The van der Waals surface area contributed by atoms with Gasteiger partial charge in [-0.1, -0.05) is 24.3 Å². The Bertz CT molecular complexity index is 622. The Morgan fingerprint density at radius 3 is 2.89 bits per heavy atom. The number of hydrogen-bond donors (Lipinski definition) is 1. The summed E-state index contributed by atoms with van der Waals surface area (Å²) < 4.78 is -0.366. The molecule has 6 heteroatoms. The number of nitro groups is 1. The Kier molecular flexibility index (Phi) is 2.37. The second-order valence-corrected chi connectivity index (χ2v) is 6.00. The smallest absolute Gasteiger partial charge is 0.353 e. The highest BCUT2D eigenvalue weighted by molar-refractivity contribution is 6.65. The molecule has 0 saturated carbocycles. The lowest BCUT2D eigenvalue weighted by atomic mass is 9.90. The molecule has 0 unspecified atom stereocenters. The number of nitrogens with zero attached hydrogens (tertiary/aromatic N) is 1. The van der Waals surface area contributed by atoms with Gasteiger partial charge in [0.15, 0.2) is 5.78 Å². The van der Waals surface area contributed by atoms with Crippen molar-refractivity contribution in [1.82, 2.24) is 4.98 Å². The number of ketones is 1. The van der Waals surface area contributed by atoms with Gasteiger partial charge in [-0.2, -0.15) is 0 Å². The number of fused-ring (bicyclic) bond motifs is 1. The molecule has 0 aromatic heterocycles. The number of benzene rings is 1. The van der Waals surface area contributed by atoms with Crippen molar-refractivity contribution < 1.29 is 9.38 Å². The van der Waals surface area contributed by atoms with Crippen LogP contribution in [0.5, 0.6) is 0 Å². The van der Waals surface area contributed by atoms with Gasteiger partial charge in [0.2, 0.25) is 0 Å². The minimum absolute atomic E-state index is 0.200. The summed E-state index contributed by atoms with van der Waals surface area (Å²) in [6, 6.07) is 7.29. The molecule has 2 aliphatic rings. The fraction of sp³-hybridized carbons (Fsp3) is 0.0833. The van der Waals surface area contributed by atoms with Crippen LogP contribution in [0.4, 0.5) is 0 Å². The number of allylic oxidation sites excluding steroid dienone is 3. The number of hydrogen-bond acceptors (Lipinski definition) is 4. The van der Waals surface area contributed by atoms with Crippen LogP contribution in [0.25, 0.3) is 0 Å². The SMILES string of the molecule is O=C1C2=C(C=CN[Si]2[N+](=O)[O-])Cc2ccccc21. The Morgan fingerprint density at radius 1 is 1.33 bits per heavy atom. The maximum Gasteiger partial charge on any atom is 0.657 e. The third-order valence-electron chi connectivity index (χ3n) is 3.12. The molecule has 0 spiro atoms. The summed E-state index contributed by atoms with van der Waals surface area (Å²) in [5.41, 5.74) is 2.32. The predicted molar refractivity (Wildman–Crippen MR) is 66.5 cm³/mol. The molecule has 0 atom stereocenters. The van der Waals surface area contributed by atoms with E-state index >= 15 is 0 Å². The molecule has 1 aromatic carbocycles. The van der Waals surface area contributed by atoms with Gasteiger partial charge in [0.1, 0.15) is 0 Å². The van der Waals surface area contributed by atoms with Gasteiger partial charge >= 0.3 is 9.12 Å². The average Bonchev–Trinajstić information content (AvgIpc) is 2.38. The van der Waals surface area contributed by atoms with E-state index in [2.05, 4.69) is 4.98 Å². The molecule has 1 aromatic rings. The number of carbonyl (C=O) groups excluding carboxylic acids is 1. The van der Waals surface area contributed by atoms with E-state index in [1.54, 1.807) is 24.4 Å². The van der Waals surface area contributed by atoms with Gasteiger partial charge in [-0.25, -0.2) is 0 Å². The zero-order valence-corrected chi connectivity index (χ0v) is 10.3. The van der Waals surface area contributed by atoms with Gasteiger partial charge in [0.05, 0.1) is 5.20 Å². The number of rotatable bonds is 1. The molecule has 0 saturated heterocycles. The Labute approximate surface area is 105 Å². The highest BCUT2D eigenvalue weighted by Gasteiger charge is 2.45. The molecule has 1 aliphatic carbocycles. The van der Waals surface area contributed by atoms with E-state index in [0.29, 0.717) is 17.2 Å². The largest absolute Gasteiger partial charge is 0.657 e. The Morgan fingerprint density at radius 2 is 2.11 bits per heavy atom. The first kappa shape index (κ1) is 10.9. The van der Waals surface area contributed by atoms with E-state index in [1.807, 2.05) is 12.1 Å². The second kappa shape index (κ2) is 3.92. The first-order valence-corrected chi connectivity index (χ1v) is 6.94. The molecular formula is C12H9N2O3Si. The van der Waals surface area contributed by atoms with Crippen molar-refractivity contribution in [2.24, 2.45) is 0 Å². The lowest BCUT2D eigenvalue weighted by molar-refractivity contribution is -0.332. The van der Waals surface area contributed by atoms with Crippen LogP contribution in [0, 0.1) is 10.1 Å². The fourth-order valence-corrected chi connectivity index (χ4v) is 3.81. The van der Waals surface area contributed by atoms with E-state index in [4.69, 9.17) is 0 Å². The molecule has 5 nitrogen and oxygen atoms in total. The monoisotopic (exact) mass is 257 g/mol. The van der Waals surface area contributed by atoms with Crippen LogP contribution in [0.15, 0.2) is 47.3 Å². The number of Topliss-reactive ketones (excluding diaryl/α,β-unsaturated/α-hetero) is 1. The molecule has 18 heavy (non-hydrogen) atoms. The van der Waals surface area contributed by atoms with Crippen molar-refractivity contribution in [3.63, 3.8) is 0 Å². The van der Waals surface area contributed by atoms with Crippen molar-refractivity contribution in [3.8, 4) is 0 Å². The van der Waals surface area contributed by atoms with Gasteiger partial charge in [-0.3, -0.25) is 14.9 Å². The number of nitrogens with one attached hydrogen (secondary N) is 1. The van der Waals surface area contributed by atoms with Gasteiger partial charge in [0.25, 0.3) is 0 Å². The summed E-state index contributed by atoms with van der Waals surface area (Å²) in [7, 11) is -2.24. The van der Waals surface area contributed by atoms with Crippen molar-refractivity contribution in [3.05, 3.63) is 68.6 Å². The molecular weight excluding hydrogens is 248 g/mol. The van der Waals surface area contributed by atoms with Crippen molar-refractivity contribution in [2.75, 3.05) is 0 Å². The summed E-state index contributed by atoms with van der Waals surface area (Å²) >= 11 is 0. The molecule has 0 fully saturated rings. The van der Waals surface area contributed by atoms with Gasteiger partial charge in [0, 0.05) is 5.56 Å². The predicted octanol–water partition coefficient (Wildman–Crippen LogP) is 1.14. The zero-order valence-electron chi connectivity index (χ0n) is 9.34. The van der Waals surface area contributed by atoms with Gasteiger partial charge < -0.3 is 4.98 Å². The highest BCUT2D eigenvalue weighted by Crippen LogP contribution is 2.29. The number of carbonyl (C=O) groups is 1. The highest BCUT2D eigenvalue weighted by atomic mass is 28.3.